The Morgan fingerprint density at radius 1 is 1.18 bits per heavy atom. The Balaban J connectivity index is 2.31. The molecule has 0 amide bonds. The molecule has 0 aromatic heterocycles. The minimum absolute atomic E-state index is 0.170. The molecule has 1 aliphatic carbocycles. The average molecular weight is 448 g/mol. The molecular formula is C14H15IOSb. The number of hydrogen-bond donors (Lipinski definition) is 0. The van der Waals surface area contributed by atoms with Gasteiger partial charge < -0.3 is 0 Å². The number of halogens is 1. The van der Waals surface area contributed by atoms with Gasteiger partial charge in [-0.15, -0.1) is 0 Å². The quantitative estimate of drug-likeness (QED) is 0.478. The summed E-state index contributed by atoms with van der Waals surface area (Å²) in [5.41, 5.74) is 0.170. The number of benzene rings is 1. The molecule has 0 unspecified atom stereocenters. The molecule has 1 fully saturated rings. The van der Waals surface area contributed by atoms with E-state index in [0.29, 0.717) is 5.78 Å². The van der Waals surface area contributed by atoms with Gasteiger partial charge in [0, 0.05) is 0 Å². The van der Waals surface area contributed by atoms with Gasteiger partial charge in [0.1, 0.15) is 0 Å². The third-order valence-electron chi connectivity index (χ3n) is 2.72. The van der Waals surface area contributed by atoms with E-state index >= 15 is 0 Å². The molecule has 0 heterocycles. The van der Waals surface area contributed by atoms with Crippen molar-refractivity contribution < 1.29 is 4.79 Å². The van der Waals surface area contributed by atoms with E-state index in [0.717, 1.165) is 12.8 Å². The van der Waals surface area contributed by atoms with Crippen LogP contribution < -0.4 is 0 Å². The monoisotopic (exact) mass is 447 g/mol. The second kappa shape index (κ2) is 5.44. The summed E-state index contributed by atoms with van der Waals surface area (Å²) in [6.07, 6.45) is 1.81. The molecule has 0 atom stereocenters. The van der Waals surface area contributed by atoms with E-state index in [-0.39, 0.29) is 26.1 Å². The van der Waals surface area contributed by atoms with Gasteiger partial charge in [-0.2, -0.15) is 0 Å². The normalized spacial score (nSPS) is 22.4. The Bertz CT molecular complexity index is 466. The molecular weight excluding hydrogens is 433 g/mol. The van der Waals surface area contributed by atoms with E-state index in [1.807, 2.05) is 6.07 Å². The van der Waals surface area contributed by atoms with Crippen molar-refractivity contribution >= 4 is 56.0 Å². The number of ketones is 1. The van der Waals surface area contributed by atoms with Crippen LogP contribution in [0.5, 0.6) is 0 Å². The molecule has 1 nitrogen and oxygen atoms in total. The molecule has 0 spiro atoms. The molecule has 1 aromatic rings. The molecule has 2 rings (SSSR count). The Hall–Kier alpha value is 0.178. The fourth-order valence-corrected chi connectivity index (χ4v) is 6.74. The van der Waals surface area contributed by atoms with Gasteiger partial charge in [0.05, 0.1) is 0 Å². The fraction of sp³-hybridized carbons (Fsp3) is 0.357. The number of Topliss-reactive ketones (excluding diaryl/α,β-unsaturated/α-hetero) is 1. The van der Waals surface area contributed by atoms with Crippen LogP contribution in [0.15, 0.2) is 30.3 Å². The van der Waals surface area contributed by atoms with Gasteiger partial charge in [-0.25, -0.2) is 0 Å². The average Bonchev–Trinajstić information content (AvgIpc) is 2.24. The molecule has 17 heavy (non-hydrogen) atoms. The zero-order chi connectivity index (χ0) is 12.5. The summed E-state index contributed by atoms with van der Waals surface area (Å²) in [5, 5.41) is 0. The van der Waals surface area contributed by atoms with E-state index in [2.05, 4.69) is 38.1 Å². The molecule has 0 saturated heterocycles. The van der Waals surface area contributed by atoms with Crippen LogP contribution in [0.3, 0.4) is 0 Å². The summed E-state index contributed by atoms with van der Waals surface area (Å²) < 4.78 is 3.89. The van der Waals surface area contributed by atoms with Crippen molar-refractivity contribution in [2.45, 2.75) is 26.7 Å². The van der Waals surface area contributed by atoms with Crippen LogP contribution in [0.2, 0.25) is 0 Å². The van der Waals surface area contributed by atoms with Gasteiger partial charge >= 0.3 is 127 Å². The summed E-state index contributed by atoms with van der Waals surface area (Å²) in [5.74, 6) is 0.397. The Morgan fingerprint density at radius 3 is 2.41 bits per heavy atom. The molecule has 0 bridgehead atoms. The molecule has 0 N–H and O–H groups in total. The molecule has 1 aromatic carbocycles. The standard InChI is InChI=1S/C14H15IO.Sb/c1-14(2)9-8-12(13(16)10-14)15-11-6-4-3-5-7-11;/h3-7H,9-10H2,1-2H3;. The molecule has 1 saturated carbocycles. The third-order valence-corrected chi connectivity index (χ3v) is 8.21. The van der Waals surface area contributed by atoms with Gasteiger partial charge in [-0.3, -0.25) is 0 Å². The molecule has 1 aliphatic rings. The van der Waals surface area contributed by atoms with Crippen molar-refractivity contribution in [1.29, 1.82) is 0 Å². The Morgan fingerprint density at radius 2 is 1.82 bits per heavy atom. The maximum atomic E-state index is 12.2. The zero-order valence-electron chi connectivity index (χ0n) is 10.0. The first kappa shape index (κ1) is 13.6. The van der Waals surface area contributed by atoms with Crippen molar-refractivity contribution in [3.05, 3.63) is 33.9 Å². The number of carbonyl (C=O) groups excluding carboxylic acids is 1. The Labute approximate surface area is 126 Å². The van der Waals surface area contributed by atoms with Gasteiger partial charge in [0.2, 0.25) is 0 Å². The second-order valence-electron chi connectivity index (χ2n) is 5.09. The van der Waals surface area contributed by atoms with Crippen LogP contribution in [0, 0.1) is 8.99 Å². The first-order valence-corrected chi connectivity index (χ1v) is 9.06. The first-order chi connectivity index (χ1) is 7.98. The van der Waals surface area contributed by atoms with Crippen LogP contribution in [0.25, 0.3) is 0 Å². The van der Waals surface area contributed by atoms with Gasteiger partial charge in [-0.05, 0) is 0 Å². The fourth-order valence-electron chi connectivity index (χ4n) is 1.96. The van der Waals surface area contributed by atoms with Crippen molar-refractivity contribution in [2.24, 2.45) is 5.41 Å². The van der Waals surface area contributed by atoms with Gasteiger partial charge in [-0.1, -0.05) is 0 Å². The predicted molar refractivity (Wildman–Crippen MR) is 82.9 cm³/mol. The van der Waals surface area contributed by atoms with Crippen LogP contribution in [0.1, 0.15) is 26.7 Å². The topological polar surface area (TPSA) is 17.1 Å². The molecule has 0 aliphatic heterocycles. The van der Waals surface area contributed by atoms with Crippen LogP contribution in [-0.2, 0) is 4.79 Å². The minimum atomic E-state index is -0.274. The third kappa shape index (κ3) is 3.57. The first-order valence-electron chi connectivity index (χ1n) is 5.63. The predicted octanol–water partition coefficient (Wildman–Crippen LogP) is 2.73. The number of hydrogen-bond acceptors (Lipinski definition) is 1. The molecule has 89 valence electrons. The summed E-state index contributed by atoms with van der Waals surface area (Å²) in [6.45, 7) is 4.39. The van der Waals surface area contributed by atoms with Crippen LogP contribution >= 0.6 is 20.7 Å². The van der Waals surface area contributed by atoms with Crippen molar-refractivity contribution in [3.8, 4) is 0 Å². The molecule has 1 radical (unpaired) electrons. The van der Waals surface area contributed by atoms with Crippen molar-refractivity contribution in [2.75, 3.05) is 0 Å². The van der Waals surface area contributed by atoms with E-state index in [4.69, 9.17) is 0 Å². The molecule has 3 heteroatoms. The van der Waals surface area contributed by atoms with Gasteiger partial charge in [0.25, 0.3) is 0 Å². The number of carbonyl (C=O) groups is 1. The SMILES string of the molecule is CC1(C)CC(=O)C(=Ic2ccccc2)[C](=[Sb])C1. The summed E-state index contributed by atoms with van der Waals surface area (Å²) >= 11 is 1.47. The van der Waals surface area contributed by atoms with Crippen LogP contribution in [0.4, 0.5) is 0 Å². The van der Waals surface area contributed by atoms with Crippen LogP contribution in [-0.4, -0.2) is 35.3 Å². The second-order valence-corrected chi connectivity index (χ2v) is 9.50. The Kier molecular flexibility index (Phi) is 4.35. The zero-order valence-corrected chi connectivity index (χ0v) is 14.7. The summed E-state index contributed by atoms with van der Waals surface area (Å²) in [7, 11) is 0. The van der Waals surface area contributed by atoms with E-state index in [1.54, 1.807) is 22.5 Å². The van der Waals surface area contributed by atoms with E-state index < -0.39 is 0 Å². The number of rotatable bonds is 1. The van der Waals surface area contributed by atoms with E-state index in [1.165, 1.54) is 10.5 Å². The van der Waals surface area contributed by atoms with Crippen molar-refractivity contribution in [1.82, 2.24) is 0 Å². The van der Waals surface area contributed by atoms with E-state index in [9.17, 15) is 4.79 Å². The maximum absolute atomic E-state index is 12.2. The summed E-state index contributed by atoms with van der Waals surface area (Å²) in [6, 6.07) is 10.4. The van der Waals surface area contributed by atoms with Gasteiger partial charge in [0.15, 0.2) is 0 Å². The van der Waals surface area contributed by atoms with Crippen molar-refractivity contribution in [3.63, 3.8) is 0 Å². The summed E-state index contributed by atoms with van der Waals surface area (Å²) in [4.78, 5) is 12.2.